The molecule has 1 heterocycles. The van der Waals surface area contributed by atoms with Crippen LogP contribution in [0.5, 0.6) is 0 Å². The minimum atomic E-state index is 0.279. The summed E-state index contributed by atoms with van der Waals surface area (Å²) in [5.41, 5.74) is 1.90. The average Bonchev–Trinajstić information content (AvgIpc) is 2.28. The van der Waals surface area contributed by atoms with E-state index in [2.05, 4.69) is 9.97 Å². The van der Waals surface area contributed by atoms with Gasteiger partial charge in [0.2, 0.25) is 5.28 Å². The number of rotatable bonds is 2. The zero-order valence-electron chi connectivity index (χ0n) is 9.66. The minimum Gasteiger partial charge on any atom is -0.226 e. The molecule has 15 heavy (non-hydrogen) atoms. The van der Waals surface area contributed by atoms with E-state index in [0.29, 0.717) is 0 Å². The van der Waals surface area contributed by atoms with Crippen molar-refractivity contribution in [3.63, 3.8) is 0 Å². The molecular formula is C12H17ClN2. The van der Waals surface area contributed by atoms with Crippen molar-refractivity contribution in [2.75, 3.05) is 0 Å². The number of hydrogen-bond donors (Lipinski definition) is 0. The summed E-state index contributed by atoms with van der Waals surface area (Å²) < 4.78 is 0. The van der Waals surface area contributed by atoms with Crippen LogP contribution in [-0.2, 0) is 0 Å². The van der Waals surface area contributed by atoms with Gasteiger partial charge in [-0.3, -0.25) is 0 Å². The van der Waals surface area contributed by atoms with Gasteiger partial charge in [-0.15, -0.1) is 0 Å². The number of allylic oxidation sites excluding steroid dienone is 4. The Morgan fingerprint density at radius 3 is 2.47 bits per heavy atom. The van der Waals surface area contributed by atoms with E-state index in [4.69, 9.17) is 11.6 Å². The SMILES string of the molecule is C/C=C\C(=C/C)c1ccnc(Cl)n1.CC. The fraction of sp³-hybridized carbons (Fsp3) is 0.333. The van der Waals surface area contributed by atoms with Crippen LogP contribution in [0.1, 0.15) is 33.4 Å². The standard InChI is InChI=1S/C10H11ClN2.C2H6/c1-3-5-8(4-2)9-6-7-12-10(11)13-9;1-2/h3-7H,1-2H3;1-2H3/b5-3-,8-4+;. The summed E-state index contributed by atoms with van der Waals surface area (Å²) in [6, 6.07) is 1.83. The molecule has 2 nitrogen and oxygen atoms in total. The van der Waals surface area contributed by atoms with E-state index < -0.39 is 0 Å². The lowest BCUT2D eigenvalue weighted by molar-refractivity contribution is 1.14. The molecule has 0 atom stereocenters. The van der Waals surface area contributed by atoms with Gasteiger partial charge in [0.25, 0.3) is 0 Å². The van der Waals surface area contributed by atoms with Gasteiger partial charge in [0.1, 0.15) is 0 Å². The quantitative estimate of drug-likeness (QED) is 0.558. The number of hydrogen-bond acceptors (Lipinski definition) is 2. The first-order valence-electron chi connectivity index (χ1n) is 5.06. The number of aromatic nitrogens is 2. The van der Waals surface area contributed by atoms with Crippen molar-refractivity contribution in [2.24, 2.45) is 0 Å². The molecule has 0 radical (unpaired) electrons. The lowest BCUT2D eigenvalue weighted by Crippen LogP contribution is -1.88. The fourth-order valence-corrected chi connectivity index (χ4v) is 1.15. The van der Waals surface area contributed by atoms with Crippen molar-refractivity contribution >= 4 is 17.2 Å². The topological polar surface area (TPSA) is 25.8 Å². The second kappa shape index (κ2) is 8.18. The van der Waals surface area contributed by atoms with Crippen LogP contribution in [0.15, 0.2) is 30.5 Å². The monoisotopic (exact) mass is 224 g/mol. The highest BCUT2D eigenvalue weighted by molar-refractivity contribution is 6.28. The molecule has 1 aromatic heterocycles. The zero-order valence-corrected chi connectivity index (χ0v) is 10.4. The van der Waals surface area contributed by atoms with Crippen molar-refractivity contribution in [3.05, 3.63) is 41.5 Å². The Morgan fingerprint density at radius 1 is 1.33 bits per heavy atom. The molecule has 0 aliphatic heterocycles. The summed E-state index contributed by atoms with van der Waals surface area (Å²) in [4.78, 5) is 7.92. The lowest BCUT2D eigenvalue weighted by Gasteiger charge is -1.99. The second-order valence-electron chi connectivity index (χ2n) is 2.45. The highest BCUT2D eigenvalue weighted by atomic mass is 35.5. The molecule has 0 aliphatic rings. The van der Waals surface area contributed by atoms with Crippen molar-refractivity contribution in [1.29, 1.82) is 0 Å². The van der Waals surface area contributed by atoms with Crippen LogP contribution >= 0.6 is 11.6 Å². The maximum absolute atomic E-state index is 5.67. The smallest absolute Gasteiger partial charge is 0.222 e. The summed E-state index contributed by atoms with van der Waals surface area (Å²) >= 11 is 5.67. The molecule has 0 fully saturated rings. The average molecular weight is 225 g/mol. The Kier molecular flexibility index (Phi) is 7.56. The molecule has 82 valence electrons. The van der Waals surface area contributed by atoms with Crippen LogP contribution < -0.4 is 0 Å². The molecule has 0 saturated carbocycles. The molecular weight excluding hydrogens is 208 g/mol. The van der Waals surface area contributed by atoms with Crippen LogP contribution in [0.3, 0.4) is 0 Å². The molecule has 0 aliphatic carbocycles. The van der Waals surface area contributed by atoms with Crippen LogP contribution in [0.2, 0.25) is 5.28 Å². The van der Waals surface area contributed by atoms with Gasteiger partial charge in [0.05, 0.1) is 5.69 Å². The summed E-state index contributed by atoms with van der Waals surface area (Å²) in [7, 11) is 0. The van der Waals surface area contributed by atoms with E-state index in [1.165, 1.54) is 0 Å². The molecule has 0 N–H and O–H groups in total. The Hall–Kier alpha value is -1.15. The Balaban J connectivity index is 0.000000921. The Labute approximate surface area is 96.7 Å². The Morgan fingerprint density at radius 2 is 2.00 bits per heavy atom. The van der Waals surface area contributed by atoms with Gasteiger partial charge in [-0.05, 0) is 37.1 Å². The number of nitrogens with zero attached hydrogens (tertiary/aromatic N) is 2. The highest BCUT2D eigenvalue weighted by Gasteiger charge is 1.98. The predicted molar refractivity (Wildman–Crippen MR) is 66.9 cm³/mol. The van der Waals surface area contributed by atoms with E-state index in [1.807, 2.05) is 52.0 Å². The molecule has 0 aromatic carbocycles. The van der Waals surface area contributed by atoms with Gasteiger partial charge in [0.15, 0.2) is 0 Å². The van der Waals surface area contributed by atoms with Gasteiger partial charge < -0.3 is 0 Å². The third kappa shape index (κ3) is 4.75. The van der Waals surface area contributed by atoms with Gasteiger partial charge in [-0.2, -0.15) is 0 Å². The van der Waals surface area contributed by atoms with Crippen molar-refractivity contribution < 1.29 is 0 Å². The third-order valence-electron chi connectivity index (χ3n) is 1.58. The van der Waals surface area contributed by atoms with Crippen LogP contribution in [0, 0.1) is 0 Å². The normalized spacial score (nSPS) is 11.1. The molecule has 0 bridgehead atoms. The van der Waals surface area contributed by atoms with Crippen molar-refractivity contribution in [1.82, 2.24) is 9.97 Å². The summed E-state index contributed by atoms with van der Waals surface area (Å²) in [5.74, 6) is 0. The molecule has 0 unspecified atom stereocenters. The molecule has 0 saturated heterocycles. The summed E-state index contributed by atoms with van der Waals surface area (Å²) in [6.45, 7) is 7.93. The van der Waals surface area contributed by atoms with E-state index >= 15 is 0 Å². The van der Waals surface area contributed by atoms with Gasteiger partial charge >= 0.3 is 0 Å². The largest absolute Gasteiger partial charge is 0.226 e. The highest BCUT2D eigenvalue weighted by Crippen LogP contribution is 2.13. The summed E-state index contributed by atoms with van der Waals surface area (Å²) in [6.07, 6.45) is 7.58. The first-order chi connectivity index (χ1) is 7.27. The first kappa shape index (κ1) is 13.8. The predicted octanol–water partition coefficient (Wildman–Crippen LogP) is 4.14. The van der Waals surface area contributed by atoms with Crippen LogP contribution in [0.25, 0.3) is 5.57 Å². The van der Waals surface area contributed by atoms with Gasteiger partial charge in [0, 0.05) is 6.20 Å². The van der Waals surface area contributed by atoms with Gasteiger partial charge in [-0.25, -0.2) is 9.97 Å². The maximum atomic E-state index is 5.67. The molecule has 0 amide bonds. The van der Waals surface area contributed by atoms with Crippen LogP contribution in [0.4, 0.5) is 0 Å². The molecule has 1 aromatic rings. The number of halogens is 1. The second-order valence-corrected chi connectivity index (χ2v) is 2.79. The van der Waals surface area contributed by atoms with Crippen molar-refractivity contribution in [3.8, 4) is 0 Å². The van der Waals surface area contributed by atoms with Crippen molar-refractivity contribution in [2.45, 2.75) is 27.7 Å². The third-order valence-corrected chi connectivity index (χ3v) is 1.76. The van der Waals surface area contributed by atoms with Gasteiger partial charge in [-0.1, -0.05) is 32.1 Å². The minimum absolute atomic E-state index is 0.279. The van der Waals surface area contributed by atoms with E-state index in [9.17, 15) is 0 Å². The zero-order chi connectivity index (χ0) is 11.7. The maximum Gasteiger partial charge on any atom is 0.222 e. The molecule has 3 heteroatoms. The first-order valence-corrected chi connectivity index (χ1v) is 5.43. The fourth-order valence-electron chi connectivity index (χ4n) is 1.00. The van der Waals surface area contributed by atoms with E-state index in [1.54, 1.807) is 6.20 Å². The van der Waals surface area contributed by atoms with E-state index in [0.717, 1.165) is 11.3 Å². The van der Waals surface area contributed by atoms with Crippen LogP contribution in [-0.4, -0.2) is 9.97 Å². The van der Waals surface area contributed by atoms with E-state index in [-0.39, 0.29) is 5.28 Å². The molecule has 0 spiro atoms. The Bertz CT molecular complexity index is 343. The lowest BCUT2D eigenvalue weighted by atomic mass is 10.1. The molecule has 1 rings (SSSR count). The summed E-state index contributed by atoms with van der Waals surface area (Å²) in [5, 5.41) is 0.279.